The predicted molar refractivity (Wildman–Crippen MR) is 70.5 cm³/mol. The second-order valence-electron chi connectivity index (χ2n) is 3.64. The molecule has 0 saturated carbocycles. The van der Waals surface area contributed by atoms with E-state index in [9.17, 15) is 8.76 Å². The zero-order valence-electron chi connectivity index (χ0n) is 9.73. The van der Waals surface area contributed by atoms with Gasteiger partial charge in [0.2, 0.25) is 11.2 Å². The van der Waals surface area contributed by atoms with Gasteiger partial charge < -0.3 is 9.87 Å². The van der Waals surface area contributed by atoms with E-state index in [1.807, 2.05) is 0 Å². The lowest BCUT2D eigenvalue weighted by Crippen LogP contribution is -2.06. The summed E-state index contributed by atoms with van der Waals surface area (Å²) < 4.78 is 23.6. The van der Waals surface area contributed by atoms with Crippen molar-refractivity contribution in [1.29, 1.82) is 0 Å². The van der Waals surface area contributed by atoms with Crippen molar-refractivity contribution < 1.29 is 8.76 Å². The molecule has 0 amide bonds. The smallest absolute Gasteiger partial charge is 0.258 e. The minimum Gasteiger partial charge on any atom is -0.768 e. The van der Waals surface area contributed by atoms with Gasteiger partial charge in [0.15, 0.2) is 0 Å². The Morgan fingerprint density at radius 2 is 2.10 bits per heavy atom. The molecule has 0 fully saturated rings. The fourth-order valence-corrected chi connectivity index (χ4v) is 2.26. The van der Waals surface area contributed by atoms with E-state index >= 15 is 0 Å². The highest BCUT2D eigenvalue weighted by molar-refractivity contribution is 7.79. The molecule has 1 aromatic carbocycles. The minimum atomic E-state index is -2.38. The van der Waals surface area contributed by atoms with Crippen molar-refractivity contribution >= 4 is 40.1 Å². The van der Waals surface area contributed by atoms with Gasteiger partial charge in [0.05, 0.1) is 5.69 Å². The van der Waals surface area contributed by atoms with Crippen LogP contribution < -0.4 is 5.32 Å². The summed E-state index contributed by atoms with van der Waals surface area (Å²) in [5.74, 6) is 0.476. The molecule has 0 saturated heterocycles. The Morgan fingerprint density at radius 3 is 2.90 bits per heavy atom. The number of anilines is 2. The van der Waals surface area contributed by atoms with Crippen LogP contribution in [0.1, 0.15) is 0 Å². The van der Waals surface area contributed by atoms with Gasteiger partial charge >= 0.3 is 0 Å². The molecule has 1 atom stereocenters. The molecule has 1 unspecified atom stereocenters. The van der Waals surface area contributed by atoms with Crippen LogP contribution in [0.5, 0.6) is 0 Å². The second-order valence-corrected chi connectivity index (χ2v) is 4.89. The van der Waals surface area contributed by atoms with E-state index in [-0.39, 0.29) is 21.9 Å². The molecule has 20 heavy (non-hydrogen) atoms. The third-order valence-electron chi connectivity index (χ3n) is 2.43. The molecule has 0 radical (unpaired) electrons. The number of nitrogens with zero attached hydrogens (tertiary/aromatic N) is 5. The van der Waals surface area contributed by atoms with Crippen LogP contribution in [-0.4, -0.2) is 33.3 Å². The highest BCUT2D eigenvalue weighted by Gasteiger charge is 2.10. The largest absolute Gasteiger partial charge is 0.768 e. The van der Waals surface area contributed by atoms with Crippen molar-refractivity contribution in [3.05, 3.63) is 35.9 Å². The summed E-state index contributed by atoms with van der Waals surface area (Å²) in [5.41, 5.74) is 0.354. The van der Waals surface area contributed by atoms with Crippen molar-refractivity contribution in [2.75, 3.05) is 5.32 Å². The molecule has 10 heteroatoms. The summed E-state index contributed by atoms with van der Waals surface area (Å²) in [4.78, 5) is 11.9. The van der Waals surface area contributed by atoms with Gasteiger partial charge in [-0.15, -0.1) is 0 Å². The molecule has 102 valence electrons. The highest BCUT2D eigenvalue weighted by Crippen LogP contribution is 2.22. The van der Waals surface area contributed by atoms with Crippen LogP contribution in [0.15, 0.2) is 35.5 Å². The standard InChI is InChI=1S/C10H7ClN6O2S/c11-8-15-9-12-5-13-17(9)10(16-8)14-6-3-1-2-4-7(6)20(18)19/h1-5H,(H,18,19)(H,12,13,14,15,16)/p-1. The number of rotatable bonds is 3. The van der Waals surface area contributed by atoms with Crippen molar-refractivity contribution in [3.63, 3.8) is 0 Å². The third kappa shape index (κ3) is 2.33. The Morgan fingerprint density at radius 1 is 1.30 bits per heavy atom. The summed E-state index contributed by atoms with van der Waals surface area (Å²) in [5, 5.41) is 6.77. The van der Waals surface area contributed by atoms with Gasteiger partial charge in [0.25, 0.3) is 5.78 Å². The lowest BCUT2D eigenvalue weighted by molar-refractivity contribution is 0.537. The first kappa shape index (κ1) is 12.9. The van der Waals surface area contributed by atoms with Crippen LogP contribution in [0.2, 0.25) is 5.28 Å². The molecular weight excluding hydrogens is 304 g/mol. The lowest BCUT2D eigenvalue weighted by atomic mass is 10.3. The Balaban J connectivity index is 2.10. The van der Waals surface area contributed by atoms with Gasteiger partial charge in [-0.1, -0.05) is 12.1 Å². The maximum Gasteiger partial charge on any atom is 0.258 e. The summed E-state index contributed by atoms with van der Waals surface area (Å²) in [6.07, 6.45) is 1.29. The number of halogens is 1. The normalized spacial score (nSPS) is 12.5. The summed E-state index contributed by atoms with van der Waals surface area (Å²) in [7, 11) is 0. The van der Waals surface area contributed by atoms with Crippen molar-refractivity contribution in [3.8, 4) is 0 Å². The number of hydrogen-bond acceptors (Lipinski definition) is 7. The average molecular weight is 310 g/mol. The molecule has 2 heterocycles. The van der Waals surface area contributed by atoms with Gasteiger partial charge in [-0.05, 0) is 34.8 Å². The Bertz CT molecular complexity index is 807. The molecule has 3 aromatic rings. The fraction of sp³-hybridized carbons (Fsp3) is 0. The van der Waals surface area contributed by atoms with Gasteiger partial charge in [-0.25, -0.2) is 0 Å². The van der Waals surface area contributed by atoms with E-state index in [0.717, 1.165) is 0 Å². The quantitative estimate of drug-likeness (QED) is 0.723. The number of nitrogens with one attached hydrogen (secondary N) is 1. The zero-order chi connectivity index (χ0) is 14.1. The van der Waals surface area contributed by atoms with Crippen molar-refractivity contribution in [2.24, 2.45) is 0 Å². The summed E-state index contributed by atoms with van der Waals surface area (Å²) in [6, 6.07) is 6.38. The number of aromatic nitrogens is 5. The highest BCUT2D eigenvalue weighted by atomic mass is 35.5. The van der Waals surface area contributed by atoms with Crippen LogP contribution in [0.3, 0.4) is 0 Å². The Labute approximate surface area is 120 Å². The van der Waals surface area contributed by atoms with E-state index in [4.69, 9.17) is 11.6 Å². The first-order valence-electron chi connectivity index (χ1n) is 5.34. The molecular formula is C10H6ClN6O2S-. The second kappa shape index (κ2) is 5.12. The molecule has 0 bridgehead atoms. The number of fused-ring (bicyclic) bond motifs is 1. The number of hydrogen-bond donors (Lipinski definition) is 1. The van der Waals surface area contributed by atoms with Gasteiger partial charge in [-0.2, -0.15) is 24.6 Å². The van der Waals surface area contributed by atoms with E-state index < -0.39 is 11.1 Å². The minimum absolute atomic E-state index is 0.0197. The Hall–Kier alpha value is -2.10. The van der Waals surface area contributed by atoms with Crippen molar-refractivity contribution in [1.82, 2.24) is 24.6 Å². The van der Waals surface area contributed by atoms with Crippen LogP contribution in [0, 0.1) is 0 Å². The predicted octanol–water partition coefficient (Wildman–Crippen LogP) is 1.15. The van der Waals surface area contributed by atoms with Crippen LogP contribution >= 0.6 is 11.6 Å². The topological polar surface area (TPSA) is 108 Å². The van der Waals surface area contributed by atoms with E-state index in [0.29, 0.717) is 5.69 Å². The molecule has 8 nitrogen and oxygen atoms in total. The van der Waals surface area contributed by atoms with Crippen molar-refractivity contribution in [2.45, 2.75) is 4.90 Å². The maximum atomic E-state index is 11.2. The third-order valence-corrected chi connectivity index (χ3v) is 3.32. The van der Waals surface area contributed by atoms with E-state index in [1.54, 1.807) is 18.2 Å². The van der Waals surface area contributed by atoms with Crippen LogP contribution in [-0.2, 0) is 11.1 Å². The SMILES string of the molecule is O=S([O-])c1ccccc1Nc1nc(Cl)nc2ncnn12. The summed E-state index contributed by atoms with van der Waals surface area (Å²) in [6.45, 7) is 0. The maximum absolute atomic E-state index is 11.2. The lowest BCUT2D eigenvalue weighted by Gasteiger charge is -2.13. The monoisotopic (exact) mass is 309 g/mol. The summed E-state index contributed by atoms with van der Waals surface area (Å²) >= 11 is 3.41. The number of para-hydroxylation sites is 1. The van der Waals surface area contributed by atoms with Gasteiger partial charge in [-0.3, -0.25) is 4.21 Å². The molecule has 3 rings (SSSR count). The van der Waals surface area contributed by atoms with Crippen LogP contribution in [0.25, 0.3) is 5.78 Å². The number of benzene rings is 1. The molecule has 1 N–H and O–H groups in total. The molecule has 2 aromatic heterocycles. The average Bonchev–Trinajstić information content (AvgIpc) is 2.87. The molecule has 0 aliphatic rings. The van der Waals surface area contributed by atoms with Gasteiger partial charge in [0, 0.05) is 4.90 Å². The fourth-order valence-electron chi connectivity index (χ4n) is 1.62. The first-order chi connectivity index (χ1) is 9.65. The molecule has 0 aliphatic carbocycles. The van der Waals surface area contributed by atoms with E-state index in [1.165, 1.54) is 16.9 Å². The van der Waals surface area contributed by atoms with Crippen LogP contribution in [0.4, 0.5) is 11.6 Å². The molecule has 0 aliphatic heterocycles. The first-order valence-corrected chi connectivity index (χ1v) is 6.79. The van der Waals surface area contributed by atoms with E-state index in [2.05, 4.69) is 25.4 Å². The van der Waals surface area contributed by atoms with Gasteiger partial charge in [0.1, 0.15) is 6.33 Å². The Kier molecular flexibility index (Phi) is 3.30. The molecule has 0 spiro atoms. The zero-order valence-corrected chi connectivity index (χ0v) is 11.3.